The van der Waals surface area contributed by atoms with Crippen molar-refractivity contribution in [2.45, 2.75) is 39.5 Å². The minimum Gasteiger partial charge on any atom is -0.370 e. The first-order valence-corrected chi connectivity index (χ1v) is 8.83. The fraction of sp³-hybridized carbons (Fsp3) is 0.579. The Morgan fingerprint density at radius 3 is 2.83 bits per heavy atom. The Balaban J connectivity index is 2.07. The average molecular weight is 331 g/mol. The second-order valence-corrected chi connectivity index (χ2v) is 6.89. The third-order valence-corrected chi connectivity index (χ3v) is 4.83. The van der Waals surface area contributed by atoms with Crippen LogP contribution in [0.3, 0.4) is 0 Å². The maximum atomic E-state index is 12.9. The molecule has 5 heteroatoms. The molecule has 1 fully saturated rings. The Labute approximate surface area is 144 Å². The normalized spacial score (nSPS) is 18.8. The summed E-state index contributed by atoms with van der Waals surface area (Å²) in [5, 5.41) is 3.41. The second-order valence-electron chi connectivity index (χ2n) is 6.89. The van der Waals surface area contributed by atoms with Crippen LogP contribution >= 0.6 is 0 Å². The first-order valence-electron chi connectivity index (χ1n) is 8.83. The van der Waals surface area contributed by atoms with E-state index in [0.717, 1.165) is 24.3 Å². The predicted molar refractivity (Wildman–Crippen MR) is 96.7 cm³/mol. The van der Waals surface area contributed by atoms with Gasteiger partial charge in [-0.2, -0.15) is 0 Å². The summed E-state index contributed by atoms with van der Waals surface area (Å²) in [5.74, 6) is 0.550. The molecule has 0 radical (unpaired) electrons. The van der Waals surface area contributed by atoms with E-state index >= 15 is 0 Å². The van der Waals surface area contributed by atoms with Gasteiger partial charge in [0, 0.05) is 25.1 Å². The highest BCUT2D eigenvalue weighted by Crippen LogP contribution is 2.25. The van der Waals surface area contributed by atoms with Crippen LogP contribution in [0.15, 0.2) is 24.3 Å². The van der Waals surface area contributed by atoms with Gasteiger partial charge in [-0.3, -0.25) is 9.59 Å². The molecule has 0 aliphatic carbocycles. The number of piperidine rings is 1. The van der Waals surface area contributed by atoms with Crippen molar-refractivity contribution < 1.29 is 9.59 Å². The molecule has 1 aliphatic rings. The van der Waals surface area contributed by atoms with Crippen LogP contribution in [0.1, 0.15) is 38.2 Å². The van der Waals surface area contributed by atoms with E-state index in [1.54, 1.807) is 4.90 Å². The summed E-state index contributed by atoms with van der Waals surface area (Å²) in [4.78, 5) is 25.8. The third kappa shape index (κ3) is 5.34. The number of aryl methyl sites for hydroxylation is 1. The largest absolute Gasteiger partial charge is 0.370 e. The van der Waals surface area contributed by atoms with Crippen LogP contribution in [0, 0.1) is 18.8 Å². The summed E-state index contributed by atoms with van der Waals surface area (Å²) in [7, 11) is 0. The van der Waals surface area contributed by atoms with E-state index < -0.39 is 0 Å². The highest BCUT2D eigenvalue weighted by Gasteiger charge is 2.25. The monoisotopic (exact) mass is 331 g/mol. The van der Waals surface area contributed by atoms with E-state index in [0.29, 0.717) is 24.8 Å². The van der Waals surface area contributed by atoms with Gasteiger partial charge in [-0.15, -0.1) is 0 Å². The van der Waals surface area contributed by atoms with Crippen molar-refractivity contribution in [1.82, 2.24) is 5.32 Å². The fourth-order valence-corrected chi connectivity index (χ4v) is 3.33. The number of primary amides is 1. The van der Waals surface area contributed by atoms with Crippen molar-refractivity contribution in [3.63, 3.8) is 0 Å². The second kappa shape index (κ2) is 8.83. The summed E-state index contributed by atoms with van der Waals surface area (Å²) in [5.41, 5.74) is 7.22. The minimum absolute atomic E-state index is 0.0694. The number of carbonyl (C=O) groups excluding carboxylic acids is 2. The zero-order valence-corrected chi connectivity index (χ0v) is 14.8. The van der Waals surface area contributed by atoms with E-state index in [4.69, 9.17) is 5.73 Å². The van der Waals surface area contributed by atoms with Crippen LogP contribution in [0.5, 0.6) is 0 Å². The highest BCUT2D eigenvalue weighted by atomic mass is 16.2. The number of hydrogen-bond acceptors (Lipinski definition) is 3. The van der Waals surface area contributed by atoms with Gasteiger partial charge in [0.25, 0.3) is 0 Å². The van der Waals surface area contributed by atoms with E-state index in [1.165, 1.54) is 12.8 Å². The zero-order chi connectivity index (χ0) is 17.5. The number of carbonyl (C=O) groups is 2. The van der Waals surface area contributed by atoms with E-state index in [1.807, 2.05) is 31.2 Å². The Morgan fingerprint density at radius 1 is 1.42 bits per heavy atom. The smallest absolute Gasteiger partial charge is 0.227 e. The lowest BCUT2D eigenvalue weighted by atomic mass is 9.85. The van der Waals surface area contributed by atoms with Crippen molar-refractivity contribution in [1.29, 1.82) is 0 Å². The van der Waals surface area contributed by atoms with Gasteiger partial charge in [0.1, 0.15) is 0 Å². The predicted octanol–water partition coefficient (Wildman–Crippen LogP) is 2.23. The Morgan fingerprint density at radius 2 is 2.21 bits per heavy atom. The summed E-state index contributed by atoms with van der Waals surface area (Å²) in [6, 6.07) is 7.82. The van der Waals surface area contributed by atoms with Crippen molar-refractivity contribution in [2.24, 2.45) is 17.6 Å². The summed E-state index contributed by atoms with van der Waals surface area (Å²) < 4.78 is 0. The van der Waals surface area contributed by atoms with Crippen molar-refractivity contribution in [2.75, 3.05) is 24.5 Å². The van der Waals surface area contributed by atoms with Gasteiger partial charge in [0.2, 0.25) is 11.8 Å². The van der Waals surface area contributed by atoms with Gasteiger partial charge in [-0.25, -0.2) is 0 Å². The fourth-order valence-electron chi connectivity index (χ4n) is 3.33. The number of nitrogens with zero attached hydrogens (tertiary/aromatic N) is 1. The summed E-state index contributed by atoms with van der Waals surface area (Å²) in [6.07, 6.45) is 3.03. The topological polar surface area (TPSA) is 75.4 Å². The lowest BCUT2D eigenvalue weighted by molar-refractivity contribution is -0.120. The van der Waals surface area contributed by atoms with Gasteiger partial charge in [-0.05, 0) is 62.4 Å². The van der Waals surface area contributed by atoms with Crippen molar-refractivity contribution >= 4 is 17.5 Å². The molecule has 24 heavy (non-hydrogen) atoms. The molecule has 2 atom stereocenters. The molecular weight excluding hydrogens is 302 g/mol. The lowest BCUT2D eigenvalue weighted by Crippen LogP contribution is -2.38. The molecular formula is C19H29N3O2. The molecule has 1 aromatic carbocycles. The molecule has 2 unspecified atom stereocenters. The molecule has 1 saturated heterocycles. The number of nitrogens with two attached hydrogens (primary N) is 1. The van der Waals surface area contributed by atoms with E-state index in [9.17, 15) is 9.59 Å². The van der Waals surface area contributed by atoms with E-state index in [2.05, 4.69) is 12.2 Å². The molecule has 1 aromatic rings. The quantitative estimate of drug-likeness (QED) is 0.804. The number of anilines is 1. The molecule has 2 amide bonds. The number of amides is 2. The molecule has 132 valence electrons. The molecule has 5 nitrogen and oxygen atoms in total. The Bertz CT molecular complexity index is 567. The molecule has 0 aromatic heterocycles. The van der Waals surface area contributed by atoms with Crippen LogP contribution in [0.2, 0.25) is 0 Å². The lowest BCUT2D eigenvalue weighted by Gasteiger charge is -2.30. The molecule has 2 rings (SSSR count). The molecule has 1 aliphatic heterocycles. The van der Waals surface area contributed by atoms with Crippen LogP contribution in [0.25, 0.3) is 0 Å². The SMILES string of the molecule is Cc1cccc(N(CCC(N)=O)C(=O)CC(C)C2CCCNC2)c1. The van der Waals surface area contributed by atoms with Crippen molar-refractivity contribution in [3.05, 3.63) is 29.8 Å². The number of hydrogen-bond donors (Lipinski definition) is 2. The third-order valence-electron chi connectivity index (χ3n) is 4.83. The number of rotatable bonds is 7. The van der Waals surface area contributed by atoms with Crippen LogP contribution < -0.4 is 16.0 Å². The van der Waals surface area contributed by atoms with Gasteiger partial charge < -0.3 is 16.0 Å². The van der Waals surface area contributed by atoms with Crippen LogP contribution in [-0.2, 0) is 9.59 Å². The zero-order valence-electron chi connectivity index (χ0n) is 14.8. The maximum absolute atomic E-state index is 12.9. The van der Waals surface area contributed by atoms with Crippen molar-refractivity contribution in [3.8, 4) is 0 Å². The van der Waals surface area contributed by atoms with Gasteiger partial charge >= 0.3 is 0 Å². The molecule has 3 N–H and O–H groups in total. The Kier molecular flexibility index (Phi) is 6.79. The number of nitrogens with one attached hydrogen (secondary N) is 1. The first-order chi connectivity index (χ1) is 11.5. The van der Waals surface area contributed by atoms with Gasteiger partial charge in [-0.1, -0.05) is 19.1 Å². The Hall–Kier alpha value is -1.88. The molecule has 0 spiro atoms. The van der Waals surface area contributed by atoms with Crippen LogP contribution in [-0.4, -0.2) is 31.4 Å². The molecule has 0 bridgehead atoms. The standard InChI is InChI=1S/C19H29N3O2/c1-14-5-3-7-17(11-14)22(10-8-18(20)23)19(24)12-15(2)16-6-4-9-21-13-16/h3,5,7,11,15-16,21H,4,6,8-10,12-13H2,1-2H3,(H2,20,23). The van der Waals surface area contributed by atoms with Gasteiger partial charge in [0.05, 0.1) is 0 Å². The van der Waals surface area contributed by atoms with Gasteiger partial charge in [0.15, 0.2) is 0 Å². The van der Waals surface area contributed by atoms with E-state index in [-0.39, 0.29) is 18.2 Å². The summed E-state index contributed by atoms with van der Waals surface area (Å²) >= 11 is 0. The first kappa shape index (κ1) is 18.5. The average Bonchev–Trinajstić information content (AvgIpc) is 2.55. The number of benzene rings is 1. The molecule has 1 heterocycles. The molecule has 0 saturated carbocycles. The highest BCUT2D eigenvalue weighted by molar-refractivity contribution is 5.94. The maximum Gasteiger partial charge on any atom is 0.227 e. The minimum atomic E-state index is -0.384. The van der Waals surface area contributed by atoms with Crippen LogP contribution in [0.4, 0.5) is 5.69 Å². The summed E-state index contributed by atoms with van der Waals surface area (Å²) in [6.45, 7) is 6.55.